The molecule has 1 rings (SSSR count). The quantitative estimate of drug-likeness (QED) is 0.447. The first-order valence-electron chi connectivity index (χ1n) is 3.75. The van der Waals surface area contributed by atoms with Crippen LogP contribution in [0.1, 0.15) is 20.8 Å². The minimum atomic E-state index is -0.351. The van der Waals surface area contributed by atoms with Gasteiger partial charge in [-0.25, -0.2) is 5.84 Å². The van der Waals surface area contributed by atoms with Crippen LogP contribution in [0.5, 0.6) is 0 Å². The molecule has 0 spiro atoms. The molecule has 0 fully saturated rings. The fourth-order valence-corrected chi connectivity index (χ4v) is 0.869. The van der Waals surface area contributed by atoms with E-state index in [1.165, 1.54) is 5.01 Å². The van der Waals surface area contributed by atoms with Crippen LogP contribution in [-0.4, -0.2) is 10.5 Å². The van der Waals surface area contributed by atoms with Crippen molar-refractivity contribution in [1.29, 1.82) is 0 Å². The van der Waals surface area contributed by atoms with Gasteiger partial charge in [-0.2, -0.15) is 10.2 Å². The van der Waals surface area contributed by atoms with Crippen LogP contribution in [0.4, 0.5) is 0 Å². The molecule has 1 unspecified atom stereocenters. The highest BCUT2D eigenvalue weighted by Crippen LogP contribution is 2.29. The first-order valence-corrected chi connectivity index (χ1v) is 4.27. The van der Waals surface area contributed by atoms with Gasteiger partial charge < -0.3 is 0 Å². The number of nitrogens with zero attached hydrogens (tertiary/aromatic N) is 3. The standard InChI is InChI=1S/C7H14N4S/c1-7(2,3)5-4-11(8)6(12)10-9-5/h4,6,12H,8H2,1-3H3. The van der Waals surface area contributed by atoms with E-state index in [2.05, 4.69) is 43.6 Å². The molecule has 12 heavy (non-hydrogen) atoms. The third kappa shape index (κ3) is 1.98. The number of thiol groups is 1. The minimum absolute atomic E-state index is 0.0188. The van der Waals surface area contributed by atoms with Crippen molar-refractivity contribution in [1.82, 2.24) is 5.01 Å². The van der Waals surface area contributed by atoms with Gasteiger partial charge in [-0.3, -0.25) is 5.01 Å². The molecule has 0 saturated carbocycles. The summed E-state index contributed by atoms with van der Waals surface area (Å²) >= 11 is 4.09. The summed E-state index contributed by atoms with van der Waals surface area (Å²) in [6, 6.07) is 0. The molecule has 2 N–H and O–H groups in total. The van der Waals surface area contributed by atoms with Gasteiger partial charge in [-0.15, -0.1) is 12.6 Å². The highest BCUT2D eigenvalue weighted by atomic mass is 32.1. The van der Waals surface area contributed by atoms with E-state index in [9.17, 15) is 0 Å². The second kappa shape index (κ2) is 3.06. The Morgan fingerprint density at radius 2 is 2.17 bits per heavy atom. The minimum Gasteiger partial charge on any atom is -0.281 e. The van der Waals surface area contributed by atoms with E-state index < -0.39 is 0 Å². The van der Waals surface area contributed by atoms with Gasteiger partial charge in [-0.1, -0.05) is 20.8 Å². The predicted octanol–water partition coefficient (Wildman–Crippen LogP) is 1.73. The lowest BCUT2D eigenvalue weighted by Gasteiger charge is -2.26. The fourth-order valence-electron chi connectivity index (χ4n) is 0.751. The molecule has 0 saturated heterocycles. The third-order valence-electron chi connectivity index (χ3n) is 1.58. The van der Waals surface area contributed by atoms with Gasteiger partial charge in [0.05, 0.1) is 5.70 Å². The van der Waals surface area contributed by atoms with Gasteiger partial charge in [-0.05, 0) is 0 Å². The molecule has 0 radical (unpaired) electrons. The van der Waals surface area contributed by atoms with E-state index in [0.717, 1.165) is 5.70 Å². The Kier molecular flexibility index (Phi) is 2.44. The van der Waals surface area contributed by atoms with Crippen LogP contribution in [-0.2, 0) is 0 Å². The fraction of sp³-hybridized carbons (Fsp3) is 0.714. The molecule has 0 aromatic rings. The van der Waals surface area contributed by atoms with Crippen molar-refractivity contribution >= 4 is 12.6 Å². The molecular weight excluding hydrogens is 172 g/mol. The van der Waals surface area contributed by atoms with E-state index >= 15 is 0 Å². The van der Waals surface area contributed by atoms with Crippen molar-refractivity contribution in [2.45, 2.75) is 26.3 Å². The van der Waals surface area contributed by atoms with Crippen LogP contribution >= 0.6 is 12.6 Å². The molecule has 0 aliphatic carbocycles. The number of azo groups is 1. The van der Waals surface area contributed by atoms with Crippen molar-refractivity contribution in [3.63, 3.8) is 0 Å². The summed E-state index contributed by atoms with van der Waals surface area (Å²) in [6.07, 6.45) is 1.77. The lowest BCUT2D eigenvalue weighted by molar-refractivity contribution is 0.331. The molecule has 0 aromatic carbocycles. The zero-order chi connectivity index (χ0) is 9.35. The van der Waals surface area contributed by atoms with Crippen LogP contribution in [0.15, 0.2) is 22.1 Å². The molecule has 0 aromatic heterocycles. The maximum absolute atomic E-state index is 5.59. The Bertz CT molecular complexity index is 228. The molecule has 1 heterocycles. The van der Waals surface area contributed by atoms with Crippen molar-refractivity contribution < 1.29 is 0 Å². The second-order valence-electron chi connectivity index (χ2n) is 3.77. The lowest BCUT2D eigenvalue weighted by atomic mass is 9.93. The van der Waals surface area contributed by atoms with Gasteiger partial charge in [0.15, 0.2) is 5.50 Å². The van der Waals surface area contributed by atoms with Crippen molar-refractivity contribution in [2.24, 2.45) is 21.5 Å². The number of rotatable bonds is 0. The molecule has 1 atom stereocenters. The van der Waals surface area contributed by atoms with Gasteiger partial charge in [0.1, 0.15) is 0 Å². The Morgan fingerprint density at radius 3 is 2.58 bits per heavy atom. The normalized spacial score (nSPS) is 24.2. The highest BCUT2D eigenvalue weighted by molar-refractivity contribution is 7.80. The maximum atomic E-state index is 5.59. The molecule has 5 heteroatoms. The van der Waals surface area contributed by atoms with Gasteiger partial charge >= 0.3 is 0 Å². The van der Waals surface area contributed by atoms with E-state index in [4.69, 9.17) is 5.84 Å². The average Bonchev–Trinajstić information content (AvgIpc) is 1.92. The van der Waals surface area contributed by atoms with Crippen LogP contribution in [0, 0.1) is 5.41 Å². The van der Waals surface area contributed by atoms with Crippen molar-refractivity contribution in [3.8, 4) is 0 Å². The zero-order valence-corrected chi connectivity index (χ0v) is 8.42. The SMILES string of the molecule is CC(C)(C)C1=CN(N)C(S)N=N1. The van der Waals surface area contributed by atoms with E-state index in [1.54, 1.807) is 6.20 Å². The third-order valence-corrected chi connectivity index (χ3v) is 1.95. The summed E-state index contributed by atoms with van der Waals surface area (Å²) in [5, 5.41) is 9.34. The van der Waals surface area contributed by atoms with Crippen molar-refractivity contribution in [2.75, 3.05) is 0 Å². The largest absolute Gasteiger partial charge is 0.281 e. The number of allylic oxidation sites excluding steroid dienone is 1. The highest BCUT2D eigenvalue weighted by Gasteiger charge is 2.22. The first-order chi connectivity index (χ1) is 5.41. The molecule has 68 valence electrons. The van der Waals surface area contributed by atoms with Gasteiger partial charge in [0, 0.05) is 11.6 Å². The van der Waals surface area contributed by atoms with Gasteiger partial charge in [0.25, 0.3) is 0 Å². The summed E-state index contributed by atoms with van der Waals surface area (Å²) in [6.45, 7) is 6.18. The zero-order valence-electron chi connectivity index (χ0n) is 7.52. The Balaban J connectivity index is 2.84. The van der Waals surface area contributed by atoms with Crippen LogP contribution in [0.25, 0.3) is 0 Å². The van der Waals surface area contributed by atoms with E-state index in [1.807, 2.05) is 0 Å². The number of nitrogens with two attached hydrogens (primary N) is 1. The summed E-state index contributed by atoms with van der Waals surface area (Å²) in [5.74, 6) is 5.59. The summed E-state index contributed by atoms with van der Waals surface area (Å²) in [5.41, 5.74) is 0.501. The molecule has 4 nitrogen and oxygen atoms in total. The molecule has 0 bridgehead atoms. The predicted molar refractivity (Wildman–Crippen MR) is 51.2 cm³/mol. The van der Waals surface area contributed by atoms with Crippen molar-refractivity contribution in [3.05, 3.63) is 11.9 Å². The second-order valence-corrected chi connectivity index (χ2v) is 4.24. The smallest absolute Gasteiger partial charge is 0.199 e. The van der Waals surface area contributed by atoms with Crippen LogP contribution in [0.3, 0.4) is 0 Å². The molecule has 1 aliphatic heterocycles. The molecule has 0 amide bonds. The average molecular weight is 186 g/mol. The Labute approximate surface area is 77.9 Å². The number of hydrazine groups is 1. The number of hydrogen-bond donors (Lipinski definition) is 2. The summed E-state index contributed by atoms with van der Waals surface area (Å²) in [7, 11) is 0. The summed E-state index contributed by atoms with van der Waals surface area (Å²) < 4.78 is 0. The van der Waals surface area contributed by atoms with E-state index in [0.29, 0.717) is 0 Å². The Hall–Kier alpha value is -0.550. The Morgan fingerprint density at radius 1 is 1.58 bits per heavy atom. The monoisotopic (exact) mass is 186 g/mol. The topological polar surface area (TPSA) is 54.0 Å². The summed E-state index contributed by atoms with van der Waals surface area (Å²) in [4.78, 5) is 0. The molecular formula is C7H14N4S. The van der Waals surface area contributed by atoms with E-state index in [-0.39, 0.29) is 10.9 Å². The van der Waals surface area contributed by atoms with Crippen LogP contribution < -0.4 is 5.84 Å². The van der Waals surface area contributed by atoms with Gasteiger partial charge in [0.2, 0.25) is 0 Å². The molecule has 1 aliphatic rings. The first kappa shape index (κ1) is 9.54. The maximum Gasteiger partial charge on any atom is 0.199 e. The lowest BCUT2D eigenvalue weighted by Crippen LogP contribution is -2.34. The number of hydrogen-bond acceptors (Lipinski definition) is 5. The van der Waals surface area contributed by atoms with Crippen LogP contribution in [0.2, 0.25) is 0 Å².